The number of hydrogen-bond acceptors (Lipinski definition) is 4. The molecule has 136 valence electrons. The van der Waals surface area contributed by atoms with Gasteiger partial charge in [0.2, 0.25) is 0 Å². The van der Waals surface area contributed by atoms with Crippen LogP contribution in [0.5, 0.6) is 0 Å². The van der Waals surface area contributed by atoms with Crippen LogP contribution in [0.1, 0.15) is 19.3 Å². The Hall–Kier alpha value is -0.120. The van der Waals surface area contributed by atoms with Gasteiger partial charge in [0.1, 0.15) is 0 Å². The van der Waals surface area contributed by atoms with Gasteiger partial charge in [-0.2, -0.15) is 0 Å². The molecule has 1 unspecified atom stereocenters. The molecule has 0 amide bonds. The van der Waals surface area contributed by atoms with E-state index in [1.807, 2.05) is 7.05 Å². The monoisotopic (exact) mass is 439 g/mol. The number of guanidine groups is 1. The van der Waals surface area contributed by atoms with E-state index in [1.54, 1.807) is 0 Å². The summed E-state index contributed by atoms with van der Waals surface area (Å²) in [6.07, 6.45) is 3.75. The fourth-order valence-corrected chi connectivity index (χ4v) is 2.67. The Kier molecular flexibility index (Phi) is 10.4. The summed E-state index contributed by atoms with van der Waals surface area (Å²) >= 11 is 0. The van der Waals surface area contributed by atoms with Crippen molar-refractivity contribution in [2.24, 2.45) is 10.9 Å². The second-order valence-electron chi connectivity index (χ2n) is 6.65. The highest BCUT2D eigenvalue weighted by Gasteiger charge is 2.22. The molecule has 0 radical (unpaired) electrons. The summed E-state index contributed by atoms with van der Waals surface area (Å²) in [6, 6.07) is 0.541. The van der Waals surface area contributed by atoms with Crippen molar-refractivity contribution < 1.29 is 4.74 Å². The predicted octanol–water partition coefficient (Wildman–Crippen LogP) is 0.832. The van der Waals surface area contributed by atoms with Crippen LogP contribution in [0.25, 0.3) is 0 Å². The summed E-state index contributed by atoms with van der Waals surface area (Å²) < 4.78 is 5.64. The molecule has 0 bridgehead atoms. The molecule has 0 aromatic carbocycles. The lowest BCUT2D eigenvalue weighted by atomic mass is 10.2. The molecule has 1 saturated heterocycles. The molecule has 1 aliphatic heterocycles. The molecule has 0 aromatic heterocycles. The third-order valence-corrected chi connectivity index (χ3v) is 4.52. The van der Waals surface area contributed by atoms with Gasteiger partial charge in [0.15, 0.2) is 5.96 Å². The molecule has 2 rings (SSSR count). The van der Waals surface area contributed by atoms with E-state index in [0.29, 0.717) is 6.04 Å². The van der Waals surface area contributed by atoms with Crippen molar-refractivity contribution in [3.63, 3.8) is 0 Å². The van der Waals surface area contributed by atoms with Crippen LogP contribution in [0.4, 0.5) is 0 Å². The van der Waals surface area contributed by atoms with Crippen molar-refractivity contribution >= 4 is 29.9 Å². The number of likely N-dealkylation sites (N-methyl/N-ethyl adjacent to an activating group) is 2. The van der Waals surface area contributed by atoms with E-state index in [2.05, 4.69) is 39.5 Å². The third-order valence-electron chi connectivity index (χ3n) is 4.52. The van der Waals surface area contributed by atoms with Crippen LogP contribution in [0.2, 0.25) is 0 Å². The zero-order chi connectivity index (χ0) is 15.8. The van der Waals surface area contributed by atoms with Gasteiger partial charge in [0.25, 0.3) is 0 Å². The quantitative estimate of drug-likeness (QED) is 0.254. The van der Waals surface area contributed by atoms with Gasteiger partial charge < -0.3 is 20.3 Å². The van der Waals surface area contributed by atoms with Gasteiger partial charge in [-0.25, -0.2) is 0 Å². The maximum Gasteiger partial charge on any atom is 0.191 e. The van der Waals surface area contributed by atoms with Crippen LogP contribution < -0.4 is 10.6 Å². The lowest BCUT2D eigenvalue weighted by Crippen LogP contribution is -2.55. The Morgan fingerprint density at radius 1 is 1.22 bits per heavy atom. The van der Waals surface area contributed by atoms with Gasteiger partial charge in [-0.1, -0.05) is 0 Å². The Morgan fingerprint density at radius 3 is 2.70 bits per heavy atom. The topological polar surface area (TPSA) is 52.1 Å². The van der Waals surface area contributed by atoms with Crippen LogP contribution in [-0.2, 0) is 4.74 Å². The standard InChI is InChI=1S/C16H33N5O.HI/c1-17-16(18-7-4-10-22-13-14-5-6-14)19-11-15-12-20(2)8-9-21(15)3;/h14-15H,4-13H2,1-3H3,(H2,17,18,19);1H. The minimum atomic E-state index is 0. The molecule has 2 fully saturated rings. The van der Waals surface area contributed by atoms with E-state index in [4.69, 9.17) is 4.74 Å². The smallest absolute Gasteiger partial charge is 0.191 e. The molecule has 1 saturated carbocycles. The number of aliphatic imine (C=N–C) groups is 1. The van der Waals surface area contributed by atoms with E-state index in [0.717, 1.165) is 64.2 Å². The Balaban J connectivity index is 0.00000264. The lowest BCUT2D eigenvalue weighted by molar-refractivity contribution is 0.116. The molecule has 1 atom stereocenters. The summed E-state index contributed by atoms with van der Waals surface area (Å²) in [5.41, 5.74) is 0. The van der Waals surface area contributed by atoms with Gasteiger partial charge in [-0.05, 0) is 39.3 Å². The predicted molar refractivity (Wildman–Crippen MR) is 107 cm³/mol. The Morgan fingerprint density at radius 2 is 2.00 bits per heavy atom. The lowest BCUT2D eigenvalue weighted by Gasteiger charge is -2.37. The number of rotatable bonds is 8. The van der Waals surface area contributed by atoms with Crippen LogP contribution in [0.15, 0.2) is 4.99 Å². The third kappa shape index (κ3) is 8.51. The minimum Gasteiger partial charge on any atom is -0.381 e. The van der Waals surface area contributed by atoms with Crippen molar-refractivity contribution in [2.45, 2.75) is 25.3 Å². The molecule has 1 aliphatic carbocycles. The first kappa shape index (κ1) is 20.9. The number of hydrogen-bond donors (Lipinski definition) is 2. The fraction of sp³-hybridized carbons (Fsp3) is 0.938. The molecule has 1 heterocycles. The SMILES string of the molecule is CN=C(NCCCOCC1CC1)NCC1CN(C)CCN1C.I. The second-order valence-corrected chi connectivity index (χ2v) is 6.65. The number of ether oxygens (including phenoxy) is 1. The van der Waals surface area contributed by atoms with Crippen LogP contribution in [-0.4, -0.2) is 88.9 Å². The van der Waals surface area contributed by atoms with Crippen LogP contribution in [0, 0.1) is 5.92 Å². The normalized spacial score (nSPS) is 23.4. The number of piperazine rings is 1. The van der Waals surface area contributed by atoms with Crippen molar-refractivity contribution in [3.05, 3.63) is 0 Å². The first-order chi connectivity index (χ1) is 10.7. The molecular weight excluding hydrogens is 405 g/mol. The summed E-state index contributed by atoms with van der Waals surface area (Å²) in [5.74, 6) is 1.75. The Bertz CT molecular complexity index is 351. The first-order valence-electron chi connectivity index (χ1n) is 8.60. The second kappa shape index (κ2) is 11.4. The van der Waals surface area contributed by atoms with Crippen LogP contribution in [0.3, 0.4) is 0 Å². The molecule has 2 aliphatic rings. The van der Waals surface area contributed by atoms with Crippen LogP contribution >= 0.6 is 24.0 Å². The molecule has 23 heavy (non-hydrogen) atoms. The largest absolute Gasteiger partial charge is 0.381 e. The van der Waals surface area contributed by atoms with E-state index in [-0.39, 0.29) is 24.0 Å². The number of nitrogens with one attached hydrogen (secondary N) is 2. The van der Waals surface area contributed by atoms with Gasteiger partial charge in [-0.3, -0.25) is 9.89 Å². The number of halogens is 1. The molecule has 7 heteroatoms. The maximum atomic E-state index is 5.64. The number of nitrogens with zero attached hydrogens (tertiary/aromatic N) is 3. The van der Waals surface area contributed by atoms with Gasteiger partial charge in [0.05, 0.1) is 0 Å². The van der Waals surface area contributed by atoms with E-state index >= 15 is 0 Å². The molecule has 0 aromatic rings. The molecule has 0 spiro atoms. The average molecular weight is 439 g/mol. The summed E-state index contributed by atoms with van der Waals surface area (Å²) in [5, 5.41) is 6.80. The molecule has 6 nitrogen and oxygen atoms in total. The summed E-state index contributed by atoms with van der Waals surface area (Å²) in [7, 11) is 6.22. The Labute approximate surface area is 158 Å². The average Bonchev–Trinajstić information content (AvgIpc) is 3.33. The minimum absolute atomic E-state index is 0. The van der Waals surface area contributed by atoms with Gasteiger partial charge >= 0.3 is 0 Å². The summed E-state index contributed by atoms with van der Waals surface area (Å²) in [4.78, 5) is 9.11. The van der Waals surface area contributed by atoms with Crippen molar-refractivity contribution in [1.29, 1.82) is 0 Å². The molecular formula is C16H34IN5O. The fourth-order valence-electron chi connectivity index (χ4n) is 2.67. The van der Waals surface area contributed by atoms with Gasteiger partial charge in [-0.15, -0.1) is 24.0 Å². The highest BCUT2D eigenvalue weighted by Crippen LogP contribution is 2.28. The van der Waals surface area contributed by atoms with Gasteiger partial charge in [0, 0.05) is 59.0 Å². The van der Waals surface area contributed by atoms with Crippen molar-refractivity contribution in [2.75, 3.05) is 67.1 Å². The van der Waals surface area contributed by atoms with E-state index < -0.39 is 0 Å². The van der Waals surface area contributed by atoms with E-state index in [1.165, 1.54) is 12.8 Å². The highest BCUT2D eigenvalue weighted by molar-refractivity contribution is 14.0. The highest BCUT2D eigenvalue weighted by atomic mass is 127. The summed E-state index contributed by atoms with van der Waals surface area (Å²) in [6.45, 7) is 7.03. The maximum absolute atomic E-state index is 5.64. The molecule has 2 N–H and O–H groups in total. The zero-order valence-electron chi connectivity index (χ0n) is 14.9. The zero-order valence-corrected chi connectivity index (χ0v) is 17.2. The van der Waals surface area contributed by atoms with Crippen molar-refractivity contribution in [1.82, 2.24) is 20.4 Å². The first-order valence-corrected chi connectivity index (χ1v) is 8.60. The van der Waals surface area contributed by atoms with E-state index in [9.17, 15) is 0 Å². The van der Waals surface area contributed by atoms with Crippen molar-refractivity contribution in [3.8, 4) is 0 Å².